The molecule has 5 heteroatoms. The first-order valence-corrected chi connectivity index (χ1v) is 8.01. The number of fused-ring (bicyclic) bond motifs is 1. The van der Waals surface area contributed by atoms with Crippen LogP contribution in [0.3, 0.4) is 0 Å². The van der Waals surface area contributed by atoms with Crippen LogP contribution in [-0.4, -0.2) is 19.6 Å². The van der Waals surface area contributed by atoms with Crippen molar-refractivity contribution in [1.29, 1.82) is 0 Å². The second-order valence-corrected chi connectivity index (χ2v) is 5.93. The number of benzene rings is 2. The molecule has 0 N–H and O–H groups in total. The zero-order chi connectivity index (χ0) is 17.4. The Morgan fingerprint density at radius 1 is 1.08 bits per heavy atom. The van der Waals surface area contributed by atoms with Gasteiger partial charge in [-0.05, 0) is 60.2 Å². The molecule has 25 heavy (non-hydrogen) atoms. The third-order valence-electron chi connectivity index (χ3n) is 4.31. The van der Waals surface area contributed by atoms with E-state index in [9.17, 15) is 9.18 Å². The van der Waals surface area contributed by atoms with Crippen molar-refractivity contribution >= 4 is 11.6 Å². The van der Waals surface area contributed by atoms with Gasteiger partial charge in [-0.15, -0.1) is 0 Å². The van der Waals surface area contributed by atoms with E-state index in [4.69, 9.17) is 9.15 Å². The summed E-state index contributed by atoms with van der Waals surface area (Å²) in [6.07, 6.45) is 0.848. The van der Waals surface area contributed by atoms with Gasteiger partial charge in [0.25, 0.3) is 5.91 Å². The zero-order valence-corrected chi connectivity index (χ0v) is 13.7. The molecule has 0 unspecified atom stereocenters. The summed E-state index contributed by atoms with van der Waals surface area (Å²) < 4.78 is 24.2. The molecule has 2 heterocycles. The van der Waals surface area contributed by atoms with Crippen LogP contribution in [0.5, 0.6) is 5.75 Å². The van der Waals surface area contributed by atoms with Crippen molar-refractivity contribution in [3.8, 4) is 17.1 Å². The highest BCUT2D eigenvalue weighted by Crippen LogP contribution is 2.30. The van der Waals surface area contributed by atoms with E-state index in [1.807, 2.05) is 18.2 Å². The molecule has 0 saturated carbocycles. The molecule has 1 aliphatic heterocycles. The van der Waals surface area contributed by atoms with Gasteiger partial charge >= 0.3 is 0 Å². The Kier molecular flexibility index (Phi) is 3.76. The fourth-order valence-corrected chi connectivity index (χ4v) is 2.89. The molecule has 0 fully saturated rings. The van der Waals surface area contributed by atoms with Gasteiger partial charge < -0.3 is 14.1 Å². The summed E-state index contributed by atoms with van der Waals surface area (Å²) in [7, 11) is 1.71. The molecule has 4 nitrogen and oxygen atoms in total. The fourth-order valence-electron chi connectivity index (χ4n) is 2.89. The van der Waals surface area contributed by atoms with Gasteiger partial charge in [0.15, 0.2) is 5.76 Å². The van der Waals surface area contributed by atoms with Crippen LogP contribution in [0.1, 0.15) is 16.1 Å². The van der Waals surface area contributed by atoms with Crippen LogP contribution in [0.15, 0.2) is 59.0 Å². The van der Waals surface area contributed by atoms with Crippen molar-refractivity contribution in [2.45, 2.75) is 6.42 Å². The Hall–Kier alpha value is -3.08. The molecule has 0 atom stereocenters. The van der Waals surface area contributed by atoms with Crippen molar-refractivity contribution in [2.75, 3.05) is 18.6 Å². The molecule has 1 amide bonds. The van der Waals surface area contributed by atoms with E-state index in [1.165, 1.54) is 12.1 Å². The lowest BCUT2D eigenvalue weighted by atomic mass is 10.1. The lowest BCUT2D eigenvalue weighted by molar-refractivity contribution is 0.0967. The maximum atomic E-state index is 13.0. The molecule has 0 bridgehead atoms. The highest BCUT2D eigenvalue weighted by molar-refractivity contribution is 6.04. The number of carbonyl (C=O) groups excluding carboxylic acids is 1. The van der Waals surface area contributed by atoms with Crippen molar-refractivity contribution in [1.82, 2.24) is 0 Å². The molecule has 0 spiro atoms. The van der Waals surface area contributed by atoms with Gasteiger partial charge in [0.1, 0.15) is 17.3 Å². The minimum Gasteiger partial charge on any atom is -0.493 e. The first kappa shape index (κ1) is 15.4. The van der Waals surface area contributed by atoms with Crippen molar-refractivity contribution in [3.63, 3.8) is 0 Å². The topological polar surface area (TPSA) is 42.7 Å². The maximum absolute atomic E-state index is 13.0. The van der Waals surface area contributed by atoms with Gasteiger partial charge in [0, 0.05) is 24.7 Å². The molecule has 1 aliphatic rings. The smallest absolute Gasteiger partial charge is 0.293 e. The quantitative estimate of drug-likeness (QED) is 0.716. The highest BCUT2D eigenvalue weighted by Gasteiger charge is 2.20. The maximum Gasteiger partial charge on any atom is 0.293 e. The summed E-state index contributed by atoms with van der Waals surface area (Å²) in [4.78, 5) is 14.2. The number of anilines is 1. The Morgan fingerprint density at radius 2 is 1.88 bits per heavy atom. The fraction of sp³-hybridized carbons (Fsp3) is 0.150. The van der Waals surface area contributed by atoms with E-state index in [-0.39, 0.29) is 17.5 Å². The van der Waals surface area contributed by atoms with Gasteiger partial charge in [-0.1, -0.05) is 0 Å². The van der Waals surface area contributed by atoms with E-state index in [2.05, 4.69) is 0 Å². The van der Waals surface area contributed by atoms with Crippen LogP contribution in [-0.2, 0) is 6.42 Å². The molecule has 0 radical (unpaired) electrons. The molecule has 126 valence electrons. The van der Waals surface area contributed by atoms with Gasteiger partial charge in [-0.2, -0.15) is 0 Å². The summed E-state index contributed by atoms with van der Waals surface area (Å²) in [6, 6.07) is 15.0. The van der Waals surface area contributed by atoms with Crippen molar-refractivity contribution in [2.24, 2.45) is 0 Å². The Bertz CT molecular complexity index is 930. The number of hydrogen-bond donors (Lipinski definition) is 0. The van der Waals surface area contributed by atoms with Crippen LogP contribution in [0.25, 0.3) is 11.3 Å². The number of rotatable bonds is 3. The second-order valence-electron chi connectivity index (χ2n) is 5.93. The van der Waals surface area contributed by atoms with E-state index >= 15 is 0 Å². The van der Waals surface area contributed by atoms with E-state index in [0.717, 1.165) is 29.0 Å². The van der Waals surface area contributed by atoms with Crippen LogP contribution in [0.2, 0.25) is 0 Å². The van der Waals surface area contributed by atoms with E-state index in [0.29, 0.717) is 12.4 Å². The number of furan rings is 1. The standard InChI is InChI=1S/C20H16FNO3/c1-22(16-6-7-17-14(12-16)10-11-24-17)20(23)19-9-8-18(25-19)13-2-4-15(21)5-3-13/h2-9,12H,10-11H2,1H3. The van der Waals surface area contributed by atoms with Crippen LogP contribution >= 0.6 is 0 Å². The summed E-state index contributed by atoms with van der Waals surface area (Å²) in [5.74, 6) is 1.08. The third kappa shape index (κ3) is 2.89. The average Bonchev–Trinajstić information content (AvgIpc) is 3.29. The SMILES string of the molecule is CN(C(=O)c1ccc(-c2ccc(F)cc2)o1)c1ccc2c(c1)CCO2. The molecule has 4 rings (SSSR count). The molecule has 3 aromatic rings. The Morgan fingerprint density at radius 3 is 2.68 bits per heavy atom. The van der Waals surface area contributed by atoms with Crippen LogP contribution in [0.4, 0.5) is 10.1 Å². The predicted octanol–water partition coefficient (Wildman–Crippen LogP) is 4.30. The Balaban J connectivity index is 1.57. The summed E-state index contributed by atoms with van der Waals surface area (Å²) in [5.41, 5.74) is 2.61. The van der Waals surface area contributed by atoms with Crippen molar-refractivity contribution in [3.05, 3.63) is 71.7 Å². The first-order valence-electron chi connectivity index (χ1n) is 8.01. The Labute approximate surface area is 144 Å². The zero-order valence-electron chi connectivity index (χ0n) is 13.7. The largest absolute Gasteiger partial charge is 0.493 e. The number of hydrogen-bond acceptors (Lipinski definition) is 3. The normalized spacial score (nSPS) is 12.6. The monoisotopic (exact) mass is 337 g/mol. The minimum absolute atomic E-state index is 0.235. The molecular formula is C20H16FNO3. The van der Waals surface area contributed by atoms with Crippen molar-refractivity contribution < 1.29 is 18.3 Å². The molecule has 0 saturated heterocycles. The van der Waals surface area contributed by atoms with Gasteiger partial charge in [0.05, 0.1) is 6.61 Å². The number of carbonyl (C=O) groups is 1. The molecular weight excluding hydrogens is 321 g/mol. The number of amides is 1. The lowest BCUT2D eigenvalue weighted by Crippen LogP contribution is -2.25. The van der Waals surface area contributed by atoms with Gasteiger partial charge in [0.2, 0.25) is 0 Å². The number of halogens is 1. The van der Waals surface area contributed by atoms with Gasteiger partial charge in [-0.25, -0.2) is 4.39 Å². The predicted molar refractivity (Wildman–Crippen MR) is 92.5 cm³/mol. The van der Waals surface area contributed by atoms with Crippen LogP contribution in [0, 0.1) is 5.82 Å². The van der Waals surface area contributed by atoms with E-state index < -0.39 is 0 Å². The second kappa shape index (κ2) is 6.09. The van der Waals surface area contributed by atoms with Gasteiger partial charge in [-0.3, -0.25) is 4.79 Å². The number of ether oxygens (including phenoxy) is 1. The number of nitrogens with zero attached hydrogens (tertiary/aromatic N) is 1. The summed E-state index contributed by atoms with van der Waals surface area (Å²) in [5, 5.41) is 0. The first-order chi connectivity index (χ1) is 12.1. The van der Waals surface area contributed by atoms with E-state index in [1.54, 1.807) is 36.2 Å². The summed E-state index contributed by atoms with van der Waals surface area (Å²) >= 11 is 0. The lowest BCUT2D eigenvalue weighted by Gasteiger charge is -2.16. The summed E-state index contributed by atoms with van der Waals surface area (Å²) in [6.45, 7) is 0.676. The average molecular weight is 337 g/mol. The minimum atomic E-state index is -0.313. The van der Waals surface area contributed by atoms with Crippen LogP contribution < -0.4 is 9.64 Å². The third-order valence-corrected chi connectivity index (χ3v) is 4.31. The molecule has 2 aromatic carbocycles. The highest BCUT2D eigenvalue weighted by atomic mass is 19.1. The molecule has 0 aliphatic carbocycles. The molecule has 1 aromatic heterocycles.